The standard InChI is InChI=1S/C25H30BrCl2N3O4S/c1-17(25(33)29-21-6-4-3-5-7-21)30(15-18-8-11-20(27)14-23(18)28)24(32)16-31(36(2,34)35)22-12-9-19(26)10-13-22/h8-14,17,21H,3-7,15-16H2,1-2H3,(H,29,33)/t17-/m0/s1. The number of carbonyl (C=O) groups excluding carboxylic acids is 2. The van der Waals surface area contributed by atoms with E-state index in [1.165, 1.54) is 4.90 Å². The first-order valence-electron chi connectivity index (χ1n) is 11.7. The Hall–Kier alpha value is -1.81. The monoisotopic (exact) mass is 617 g/mol. The zero-order valence-electron chi connectivity index (χ0n) is 20.2. The van der Waals surface area contributed by atoms with E-state index < -0.39 is 28.5 Å². The van der Waals surface area contributed by atoms with E-state index in [4.69, 9.17) is 23.2 Å². The summed E-state index contributed by atoms with van der Waals surface area (Å²) in [6.07, 6.45) is 6.11. The summed E-state index contributed by atoms with van der Waals surface area (Å²) in [7, 11) is -3.79. The van der Waals surface area contributed by atoms with Crippen LogP contribution in [0.5, 0.6) is 0 Å². The smallest absolute Gasteiger partial charge is 0.244 e. The predicted molar refractivity (Wildman–Crippen MR) is 148 cm³/mol. The second kappa shape index (κ2) is 12.6. The van der Waals surface area contributed by atoms with Crippen LogP contribution in [0.4, 0.5) is 5.69 Å². The number of hydrogen-bond acceptors (Lipinski definition) is 4. The number of sulfonamides is 1. The summed E-state index contributed by atoms with van der Waals surface area (Å²) in [5.74, 6) is -0.810. The van der Waals surface area contributed by atoms with Crippen LogP contribution in [0.15, 0.2) is 46.9 Å². The molecular formula is C25H30BrCl2N3O4S. The quantitative estimate of drug-likeness (QED) is 0.408. The fourth-order valence-corrected chi connectivity index (χ4v) is 5.79. The van der Waals surface area contributed by atoms with Crippen LogP contribution in [0.25, 0.3) is 0 Å². The predicted octanol–water partition coefficient (Wildman–Crippen LogP) is 5.39. The zero-order valence-corrected chi connectivity index (χ0v) is 24.1. The van der Waals surface area contributed by atoms with E-state index in [1.807, 2.05) is 0 Å². The number of rotatable bonds is 9. The molecular weight excluding hydrogens is 589 g/mol. The van der Waals surface area contributed by atoms with Gasteiger partial charge in [0.1, 0.15) is 12.6 Å². The lowest BCUT2D eigenvalue weighted by atomic mass is 9.95. The minimum absolute atomic E-state index is 0.0199. The number of nitrogens with one attached hydrogen (secondary N) is 1. The topological polar surface area (TPSA) is 86.8 Å². The number of benzene rings is 2. The highest BCUT2D eigenvalue weighted by Gasteiger charge is 2.31. The van der Waals surface area contributed by atoms with Crippen LogP contribution < -0.4 is 9.62 Å². The van der Waals surface area contributed by atoms with Crippen molar-refractivity contribution in [1.82, 2.24) is 10.2 Å². The molecule has 196 valence electrons. The molecule has 0 bridgehead atoms. The largest absolute Gasteiger partial charge is 0.352 e. The van der Waals surface area contributed by atoms with E-state index in [0.29, 0.717) is 21.3 Å². The van der Waals surface area contributed by atoms with Gasteiger partial charge in [0.25, 0.3) is 0 Å². The molecule has 2 aromatic rings. The van der Waals surface area contributed by atoms with Crippen LogP contribution in [-0.4, -0.2) is 50.0 Å². The van der Waals surface area contributed by atoms with E-state index in [1.54, 1.807) is 49.4 Å². The van der Waals surface area contributed by atoms with E-state index >= 15 is 0 Å². The second-order valence-electron chi connectivity index (χ2n) is 9.02. The number of nitrogens with zero attached hydrogens (tertiary/aromatic N) is 2. The maximum Gasteiger partial charge on any atom is 0.244 e. The summed E-state index contributed by atoms with van der Waals surface area (Å²) in [4.78, 5) is 28.2. The van der Waals surface area contributed by atoms with Crippen molar-refractivity contribution in [3.8, 4) is 0 Å². The summed E-state index contributed by atoms with van der Waals surface area (Å²) < 4.78 is 27.0. The van der Waals surface area contributed by atoms with Crippen molar-refractivity contribution < 1.29 is 18.0 Å². The SMILES string of the molecule is C[C@@H](C(=O)NC1CCCCC1)N(Cc1ccc(Cl)cc1Cl)C(=O)CN(c1ccc(Br)cc1)S(C)(=O)=O. The molecule has 0 aliphatic heterocycles. The summed E-state index contributed by atoms with van der Waals surface area (Å²) in [6, 6.07) is 10.8. The van der Waals surface area contributed by atoms with Crippen LogP contribution in [-0.2, 0) is 26.2 Å². The molecule has 1 aliphatic carbocycles. The Morgan fingerprint density at radius 1 is 1.08 bits per heavy atom. The highest BCUT2D eigenvalue weighted by Crippen LogP contribution is 2.25. The van der Waals surface area contributed by atoms with Crippen molar-refractivity contribution in [2.45, 2.75) is 57.7 Å². The average Bonchev–Trinajstić information content (AvgIpc) is 2.82. The van der Waals surface area contributed by atoms with E-state index in [0.717, 1.165) is 47.1 Å². The molecule has 1 N–H and O–H groups in total. The van der Waals surface area contributed by atoms with Gasteiger partial charge in [-0.25, -0.2) is 8.42 Å². The Kier molecular flexibility index (Phi) is 10.1. The summed E-state index contributed by atoms with van der Waals surface area (Å²) in [6.45, 7) is 1.20. The zero-order chi connectivity index (χ0) is 26.5. The molecule has 7 nitrogen and oxygen atoms in total. The molecule has 1 fully saturated rings. The molecule has 0 spiro atoms. The number of amides is 2. The van der Waals surface area contributed by atoms with Crippen LogP contribution in [0, 0.1) is 0 Å². The lowest BCUT2D eigenvalue weighted by Crippen LogP contribution is -2.53. The molecule has 0 unspecified atom stereocenters. The van der Waals surface area contributed by atoms with E-state index in [2.05, 4.69) is 21.2 Å². The molecule has 2 amide bonds. The lowest BCUT2D eigenvalue weighted by molar-refractivity contribution is -0.139. The maximum absolute atomic E-state index is 13.6. The van der Waals surface area contributed by atoms with Crippen molar-refractivity contribution in [3.05, 3.63) is 62.5 Å². The molecule has 1 atom stereocenters. The number of carbonyl (C=O) groups is 2. The lowest BCUT2D eigenvalue weighted by Gasteiger charge is -2.33. The van der Waals surface area contributed by atoms with E-state index in [9.17, 15) is 18.0 Å². The van der Waals surface area contributed by atoms with Crippen LogP contribution >= 0.6 is 39.1 Å². The summed E-state index contributed by atoms with van der Waals surface area (Å²) in [5.41, 5.74) is 0.944. The van der Waals surface area contributed by atoms with Gasteiger partial charge in [0.05, 0.1) is 11.9 Å². The third-order valence-corrected chi connectivity index (χ3v) is 8.52. The third-order valence-electron chi connectivity index (χ3n) is 6.27. The Bertz CT molecular complexity index is 1190. The molecule has 0 saturated heterocycles. The van der Waals surface area contributed by atoms with Crippen molar-refractivity contribution in [1.29, 1.82) is 0 Å². The minimum Gasteiger partial charge on any atom is -0.352 e. The molecule has 0 heterocycles. The normalized spacial score (nSPS) is 15.2. The third kappa shape index (κ3) is 7.84. The molecule has 1 aliphatic rings. The molecule has 2 aromatic carbocycles. The molecule has 1 saturated carbocycles. The fraction of sp³-hybridized carbons (Fsp3) is 0.440. The van der Waals surface area contributed by atoms with Gasteiger partial charge in [-0.1, -0.05) is 64.5 Å². The molecule has 0 aromatic heterocycles. The molecule has 36 heavy (non-hydrogen) atoms. The van der Waals surface area contributed by atoms with Gasteiger partial charge in [0.15, 0.2) is 0 Å². The summed E-state index contributed by atoms with van der Waals surface area (Å²) in [5, 5.41) is 3.86. The number of halogens is 3. The first-order valence-corrected chi connectivity index (χ1v) is 15.1. The Balaban J connectivity index is 1.89. The van der Waals surface area contributed by atoms with Gasteiger partial charge in [0.2, 0.25) is 21.8 Å². The van der Waals surface area contributed by atoms with Gasteiger partial charge >= 0.3 is 0 Å². The number of anilines is 1. The second-order valence-corrected chi connectivity index (χ2v) is 12.7. The van der Waals surface area contributed by atoms with Gasteiger partial charge in [-0.05, 0) is 61.7 Å². The first-order chi connectivity index (χ1) is 17.0. The highest BCUT2D eigenvalue weighted by molar-refractivity contribution is 9.10. The van der Waals surface area contributed by atoms with Crippen LogP contribution in [0.2, 0.25) is 10.0 Å². The minimum atomic E-state index is -3.79. The van der Waals surface area contributed by atoms with Crippen LogP contribution in [0.1, 0.15) is 44.6 Å². The Morgan fingerprint density at radius 3 is 2.31 bits per heavy atom. The van der Waals surface area contributed by atoms with Crippen molar-refractivity contribution in [3.63, 3.8) is 0 Å². The van der Waals surface area contributed by atoms with Crippen molar-refractivity contribution in [2.75, 3.05) is 17.1 Å². The van der Waals surface area contributed by atoms with Crippen molar-refractivity contribution in [2.24, 2.45) is 0 Å². The van der Waals surface area contributed by atoms with Gasteiger partial charge < -0.3 is 10.2 Å². The first kappa shape index (κ1) is 28.8. The molecule has 11 heteroatoms. The number of hydrogen-bond donors (Lipinski definition) is 1. The Labute approximate surface area is 231 Å². The van der Waals surface area contributed by atoms with Crippen molar-refractivity contribution >= 4 is 66.7 Å². The van der Waals surface area contributed by atoms with Gasteiger partial charge in [-0.15, -0.1) is 0 Å². The summed E-state index contributed by atoms with van der Waals surface area (Å²) >= 11 is 15.7. The molecule has 0 radical (unpaired) electrons. The van der Waals surface area contributed by atoms with Gasteiger partial charge in [-0.2, -0.15) is 0 Å². The fourth-order valence-electron chi connectivity index (χ4n) is 4.21. The molecule has 3 rings (SSSR count). The maximum atomic E-state index is 13.6. The van der Waals surface area contributed by atoms with Crippen LogP contribution in [0.3, 0.4) is 0 Å². The van der Waals surface area contributed by atoms with Gasteiger partial charge in [0, 0.05) is 27.1 Å². The average molecular weight is 619 g/mol. The van der Waals surface area contributed by atoms with E-state index in [-0.39, 0.29) is 18.5 Å². The van der Waals surface area contributed by atoms with Gasteiger partial charge in [-0.3, -0.25) is 13.9 Å². The highest BCUT2D eigenvalue weighted by atomic mass is 79.9. The Morgan fingerprint density at radius 2 is 1.72 bits per heavy atom.